The van der Waals surface area contributed by atoms with Crippen LogP contribution in [0.4, 0.5) is 0 Å². The van der Waals surface area contributed by atoms with Gasteiger partial charge >= 0.3 is 5.97 Å². The molecule has 1 aliphatic carbocycles. The molecule has 1 amide bonds. The summed E-state index contributed by atoms with van der Waals surface area (Å²) < 4.78 is 15.8. The van der Waals surface area contributed by atoms with E-state index >= 15 is 0 Å². The van der Waals surface area contributed by atoms with Gasteiger partial charge in [-0.25, -0.2) is 4.79 Å². The molecule has 0 unspecified atom stereocenters. The Bertz CT molecular complexity index is 588. The summed E-state index contributed by atoms with van der Waals surface area (Å²) in [4.78, 5) is 26.9. The molecule has 0 aliphatic heterocycles. The Kier molecular flexibility index (Phi) is 6.67. The second kappa shape index (κ2) is 8.74. The second-order valence-electron chi connectivity index (χ2n) is 6.33. The van der Waals surface area contributed by atoms with Gasteiger partial charge in [-0.05, 0) is 31.9 Å². The summed E-state index contributed by atoms with van der Waals surface area (Å²) in [5.41, 5.74) is 0.187. The van der Waals surface area contributed by atoms with Gasteiger partial charge in [-0.3, -0.25) is 4.79 Å². The van der Waals surface area contributed by atoms with Crippen LogP contribution in [-0.4, -0.2) is 50.2 Å². The highest BCUT2D eigenvalue weighted by molar-refractivity contribution is 5.97. The van der Waals surface area contributed by atoms with Crippen molar-refractivity contribution in [2.24, 2.45) is 0 Å². The predicted molar refractivity (Wildman–Crippen MR) is 94.1 cm³/mol. The fourth-order valence-electron chi connectivity index (χ4n) is 3.26. The fourth-order valence-corrected chi connectivity index (χ4v) is 3.26. The van der Waals surface area contributed by atoms with E-state index in [1.807, 2.05) is 0 Å². The number of benzene rings is 1. The van der Waals surface area contributed by atoms with Crippen LogP contribution in [0.3, 0.4) is 0 Å². The standard InChI is InChI=1S/C19H27NO5/c1-13(18(21)20(2)14-9-6-5-7-10-14)25-19(22)17-15(23-3)11-8-12-16(17)24-4/h8,11-14H,5-7,9-10H2,1-4H3/t13-/m1/s1. The molecule has 0 saturated heterocycles. The lowest BCUT2D eigenvalue weighted by Gasteiger charge is -2.32. The monoisotopic (exact) mass is 349 g/mol. The van der Waals surface area contributed by atoms with Gasteiger partial charge < -0.3 is 19.1 Å². The van der Waals surface area contributed by atoms with Crippen LogP contribution in [0.25, 0.3) is 0 Å². The maximum absolute atomic E-state index is 12.6. The van der Waals surface area contributed by atoms with Crippen LogP contribution in [0.5, 0.6) is 11.5 Å². The van der Waals surface area contributed by atoms with Crippen LogP contribution < -0.4 is 9.47 Å². The zero-order valence-electron chi connectivity index (χ0n) is 15.4. The molecule has 25 heavy (non-hydrogen) atoms. The molecule has 6 nitrogen and oxygen atoms in total. The molecule has 0 bridgehead atoms. The SMILES string of the molecule is COc1cccc(OC)c1C(=O)O[C@H](C)C(=O)N(C)C1CCCCC1. The number of hydrogen-bond acceptors (Lipinski definition) is 5. The molecule has 2 rings (SSSR count). The largest absolute Gasteiger partial charge is 0.496 e. The van der Waals surface area contributed by atoms with Crippen molar-refractivity contribution in [3.63, 3.8) is 0 Å². The van der Waals surface area contributed by atoms with E-state index in [1.54, 1.807) is 37.1 Å². The van der Waals surface area contributed by atoms with E-state index in [0.717, 1.165) is 25.7 Å². The first-order valence-electron chi connectivity index (χ1n) is 8.68. The Labute approximate surface area is 149 Å². The number of carbonyl (C=O) groups is 2. The summed E-state index contributed by atoms with van der Waals surface area (Å²) in [5.74, 6) is -0.115. The van der Waals surface area contributed by atoms with E-state index in [0.29, 0.717) is 11.5 Å². The summed E-state index contributed by atoms with van der Waals surface area (Å²) >= 11 is 0. The maximum atomic E-state index is 12.6. The number of nitrogens with zero attached hydrogens (tertiary/aromatic N) is 1. The molecular weight excluding hydrogens is 322 g/mol. The van der Waals surface area contributed by atoms with Crippen molar-refractivity contribution in [1.29, 1.82) is 0 Å². The number of methoxy groups -OCH3 is 2. The average Bonchev–Trinajstić information content (AvgIpc) is 2.66. The lowest BCUT2D eigenvalue weighted by atomic mass is 9.94. The zero-order chi connectivity index (χ0) is 18.4. The molecule has 138 valence electrons. The van der Waals surface area contributed by atoms with Gasteiger partial charge in [-0.15, -0.1) is 0 Å². The van der Waals surface area contributed by atoms with Gasteiger partial charge in [0.25, 0.3) is 5.91 Å². The van der Waals surface area contributed by atoms with Crippen molar-refractivity contribution in [2.75, 3.05) is 21.3 Å². The fraction of sp³-hybridized carbons (Fsp3) is 0.579. The normalized spacial score (nSPS) is 16.0. The molecule has 0 radical (unpaired) electrons. The third kappa shape index (κ3) is 4.44. The van der Waals surface area contributed by atoms with E-state index in [1.165, 1.54) is 20.6 Å². The number of rotatable bonds is 6. The van der Waals surface area contributed by atoms with Gasteiger partial charge in [0.05, 0.1) is 14.2 Å². The summed E-state index contributed by atoms with van der Waals surface area (Å²) in [6, 6.07) is 5.25. The van der Waals surface area contributed by atoms with Crippen molar-refractivity contribution in [3.8, 4) is 11.5 Å². The van der Waals surface area contributed by atoms with Crippen molar-refractivity contribution in [1.82, 2.24) is 4.90 Å². The first-order chi connectivity index (χ1) is 12.0. The van der Waals surface area contributed by atoms with E-state index < -0.39 is 12.1 Å². The Morgan fingerprint density at radius 1 is 1.08 bits per heavy atom. The highest BCUT2D eigenvalue weighted by Crippen LogP contribution is 2.29. The maximum Gasteiger partial charge on any atom is 0.346 e. The minimum absolute atomic E-state index is 0.186. The number of ether oxygens (including phenoxy) is 3. The predicted octanol–water partition coefficient (Wildman–Crippen LogP) is 3.04. The van der Waals surface area contributed by atoms with E-state index in [4.69, 9.17) is 14.2 Å². The van der Waals surface area contributed by atoms with E-state index in [9.17, 15) is 9.59 Å². The van der Waals surface area contributed by atoms with Crippen LogP contribution in [0.2, 0.25) is 0 Å². The third-order valence-electron chi connectivity index (χ3n) is 4.73. The summed E-state index contributed by atoms with van der Waals surface area (Å²) in [6.07, 6.45) is 4.63. The van der Waals surface area contributed by atoms with Crippen molar-refractivity contribution < 1.29 is 23.8 Å². The Balaban J connectivity index is 2.08. The van der Waals surface area contributed by atoms with Crippen LogP contribution in [0.1, 0.15) is 49.4 Å². The van der Waals surface area contributed by atoms with Gasteiger partial charge in [0.2, 0.25) is 0 Å². The highest BCUT2D eigenvalue weighted by atomic mass is 16.6. The number of amides is 1. The third-order valence-corrected chi connectivity index (χ3v) is 4.73. The molecule has 6 heteroatoms. The van der Waals surface area contributed by atoms with E-state index in [2.05, 4.69) is 0 Å². The number of carbonyl (C=O) groups excluding carboxylic acids is 2. The van der Waals surface area contributed by atoms with Gasteiger partial charge in [0, 0.05) is 13.1 Å². The van der Waals surface area contributed by atoms with Crippen LogP contribution in [0.15, 0.2) is 18.2 Å². The summed E-state index contributed by atoms with van der Waals surface area (Å²) in [5, 5.41) is 0. The topological polar surface area (TPSA) is 65.1 Å². The first kappa shape index (κ1) is 19.1. The van der Waals surface area contributed by atoms with Crippen molar-refractivity contribution in [2.45, 2.75) is 51.2 Å². The number of esters is 1. The molecule has 1 atom stereocenters. The molecule has 1 aliphatic rings. The van der Waals surface area contributed by atoms with Crippen molar-refractivity contribution >= 4 is 11.9 Å². The Hall–Kier alpha value is -2.24. The molecule has 1 fully saturated rings. The van der Waals surface area contributed by atoms with Gasteiger partial charge in [-0.2, -0.15) is 0 Å². The molecular formula is C19H27NO5. The molecule has 0 aromatic heterocycles. The second-order valence-corrected chi connectivity index (χ2v) is 6.33. The minimum atomic E-state index is -0.867. The Morgan fingerprint density at radius 3 is 2.16 bits per heavy atom. The quantitative estimate of drug-likeness (QED) is 0.739. The highest BCUT2D eigenvalue weighted by Gasteiger charge is 2.29. The number of hydrogen-bond donors (Lipinski definition) is 0. The molecule has 0 N–H and O–H groups in total. The van der Waals surface area contributed by atoms with Gasteiger partial charge in [0.1, 0.15) is 17.1 Å². The zero-order valence-corrected chi connectivity index (χ0v) is 15.4. The molecule has 1 aromatic rings. The van der Waals surface area contributed by atoms with Crippen LogP contribution in [0, 0.1) is 0 Å². The number of likely N-dealkylation sites (N-methyl/N-ethyl adjacent to an activating group) is 1. The van der Waals surface area contributed by atoms with Crippen LogP contribution in [-0.2, 0) is 9.53 Å². The minimum Gasteiger partial charge on any atom is -0.496 e. The molecule has 0 spiro atoms. The lowest BCUT2D eigenvalue weighted by molar-refractivity contribution is -0.141. The Morgan fingerprint density at radius 2 is 1.64 bits per heavy atom. The van der Waals surface area contributed by atoms with Crippen LogP contribution >= 0.6 is 0 Å². The van der Waals surface area contributed by atoms with Gasteiger partial charge in [0.15, 0.2) is 6.10 Å². The van der Waals surface area contributed by atoms with Gasteiger partial charge in [-0.1, -0.05) is 25.3 Å². The first-order valence-corrected chi connectivity index (χ1v) is 8.68. The molecule has 0 heterocycles. The molecule has 1 aromatic carbocycles. The molecule has 1 saturated carbocycles. The lowest BCUT2D eigenvalue weighted by Crippen LogP contribution is -2.44. The van der Waals surface area contributed by atoms with E-state index in [-0.39, 0.29) is 17.5 Å². The summed E-state index contributed by atoms with van der Waals surface area (Å²) in [7, 11) is 4.72. The van der Waals surface area contributed by atoms with Crippen molar-refractivity contribution in [3.05, 3.63) is 23.8 Å². The smallest absolute Gasteiger partial charge is 0.346 e. The summed E-state index contributed by atoms with van der Waals surface area (Å²) in [6.45, 7) is 1.60. The average molecular weight is 349 g/mol.